The van der Waals surface area contributed by atoms with E-state index in [1.807, 2.05) is 23.9 Å². The molecule has 0 radical (unpaired) electrons. The molecule has 0 aliphatic carbocycles. The van der Waals surface area contributed by atoms with Gasteiger partial charge in [-0.15, -0.1) is 11.8 Å². The third-order valence-electron chi connectivity index (χ3n) is 2.14. The number of carbonyl (C=O) groups excluding carboxylic acids is 1. The monoisotopic (exact) mass is 256 g/mol. The summed E-state index contributed by atoms with van der Waals surface area (Å²) in [4.78, 5) is 12.5. The molecule has 0 amide bonds. The lowest BCUT2D eigenvalue weighted by Crippen LogP contribution is -1.94. The summed E-state index contributed by atoms with van der Waals surface area (Å²) in [5, 5.41) is 0. The highest BCUT2D eigenvalue weighted by atomic mass is 79.9. The number of hydrogen-bond donors (Lipinski definition) is 0. The van der Waals surface area contributed by atoms with Crippen molar-refractivity contribution in [3.63, 3.8) is 0 Å². The Morgan fingerprint density at radius 1 is 1.54 bits per heavy atom. The van der Waals surface area contributed by atoms with Gasteiger partial charge in [0.15, 0.2) is 5.78 Å². The molecule has 68 valence electrons. The number of rotatable bonds is 1. The first kappa shape index (κ1) is 9.28. The number of benzene rings is 1. The summed E-state index contributed by atoms with van der Waals surface area (Å²) in [6.07, 6.45) is 1.08. The Morgan fingerprint density at radius 2 is 2.31 bits per heavy atom. The predicted octanol–water partition coefficient (Wildman–Crippen LogP) is 3.30. The molecule has 0 spiro atoms. The zero-order chi connectivity index (χ0) is 9.42. The van der Waals surface area contributed by atoms with E-state index in [-0.39, 0.29) is 5.78 Å². The highest BCUT2D eigenvalue weighted by molar-refractivity contribution is 9.10. The number of Topliss-reactive ketones (excluding diaryl/α,β-unsaturated/α-hetero) is 1. The molecule has 0 bridgehead atoms. The van der Waals surface area contributed by atoms with Crippen molar-refractivity contribution in [2.45, 2.75) is 18.2 Å². The predicted molar refractivity (Wildman–Crippen MR) is 58.6 cm³/mol. The first-order valence-corrected chi connectivity index (χ1v) is 5.92. The molecule has 1 nitrogen and oxygen atoms in total. The average molecular weight is 257 g/mol. The van der Waals surface area contributed by atoms with Crippen LogP contribution in [0.2, 0.25) is 0 Å². The van der Waals surface area contributed by atoms with Crippen molar-refractivity contribution in [2.75, 3.05) is 5.75 Å². The molecule has 0 fully saturated rings. The van der Waals surface area contributed by atoms with Gasteiger partial charge in [-0.05, 0) is 47.0 Å². The maximum atomic E-state index is 11.2. The van der Waals surface area contributed by atoms with Crippen molar-refractivity contribution in [2.24, 2.45) is 0 Å². The quantitative estimate of drug-likeness (QED) is 0.718. The van der Waals surface area contributed by atoms with Gasteiger partial charge in [-0.25, -0.2) is 0 Å². The van der Waals surface area contributed by atoms with Crippen LogP contribution in [0.3, 0.4) is 0 Å². The highest BCUT2D eigenvalue weighted by Gasteiger charge is 2.16. The lowest BCUT2D eigenvalue weighted by molar-refractivity contribution is 0.101. The van der Waals surface area contributed by atoms with E-state index in [2.05, 4.69) is 15.9 Å². The van der Waals surface area contributed by atoms with Gasteiger partial charge >= 0.3 is 0 Å². The van der Waals surface area contributed by atoms with E-state index in [0.717, 1.165) is 22.2 Å². The molecule has 2 rings (SSSR count). The molecular weight excluding hydrogens is 248 g/mol. The average Bonchev–Trinajstić information content (AvgIpc) is 2.51. The summed E-state index contributed by atoms with van der Waals surface area (Å²) in [6, 6.07) is 3.93. The normalized spacial score (nSPS) is 14.3. The van der Waals surface area contributed by atoms with E-state index < -0.39 is 0 Å². The first-order valence-electron chi connectivity index (χ1n) is 4.14. The third-order valence-corrected chi connectivity index (χ3v) is 4.21. The third kappa shape index (κ3) is 1.67. The molecule has 0 atom stereocenters. The highest BCUT2D eigenvalue weighted by Crippen LogP contribution is 2.38. The van der Waals surface area contributed by atoms with E-state index in [0.29, 0.717) is 0 Å². The number of carbonyl (C=O) groups is 1. The Labute approximate surface area is 90.0 Å². The SMILES string of the molecule is CC(=O)c1cc(Br)c2c(c1)CCS2. The van der Waals surface area contributed by atoms with Gasteiger partial charge in [0.1, 0.15) is 0 Å². The van der Waals surface area contributed by atoms with Gasteiger partial charge in [0, 0.05) is 20.7 Å². The lowest BCUT2D eigenvalue weighted by atomic mass is 10.1. The number of fused-ring (bicyclic) bond motifs is 1. The Morgan fingerprint density at radius 3 is 3.00 bits per heavy atom. The molecule has 0 saturated carbocycles. The zero-order valence-corrected chi connectivity index (χ0v) is 9.67. The molecule has 1 aromatic rings. The second kappa shape index (κ2) is 3.46. The topological polar surface area (TPSA) is 17.1 Å². The number of hydrogen-bond acceptors (Lipinski definition) is 2. The van der Waals surface area contributed by atoms with Crippen molar-refractivity contribution < 1.29 is 4.79 Å². The number of halogens is 1. The van der Waals surface area contributed by atoms with Gasteiger partial charge in [-0.1, -0.05) is 0 Å². The van der Waals surface area contributed by atoms with Crippen LogP contribution in [-0.4, -0.2) is 11.5 Å². The fourth-order valence-corrected chi connectivity index (χ4v) is 3.38. The van der Waals surface area contributed by atoms with Gasteiger partial charge in [-0.2, -0.15) is 0 Å². The fraction of sp³-hybridized carbons (Fsp3) is 0.300. The Bertz CT molecular complexity index is 373. The molecule has 1 heterocycles. The van der Waals surface area contributed by atoms with Crippen molar-refractivity contribution in [3.05, 3.63) is 27.7 Å². The van der Waals surface area contributed by atoms with E-state index in [1.165, 1.54) is 10.5 Å². The number of ketones is 1. The van der Waals surface area contributed by atoms with E-state index in [9.17, 15) is 4.79 Å². The first-order chi connectivity index (χ1) is 6.18. The van der Waals surface area contributed by atoms with Crippen LogP contribution in [0.1, 0.15) is 22.8 Å². The molecular formula is C10H9BrOS. The number of thioether (sulfide) groups is 1. The zero-order valence-electron chi connectivity index (χ0n) is 7.26. The molecule has 13 heavy (non-hydrogen) atoms. The van der Waals surface area contributed by atoms with Crippen LogP contribution in [0, 0.1) is 0 Å². The van der Waals surface area contributed by atoms with Crippen LogP contribution in [0.5, 0.6) is 0 Å². The molecule has 1 aliphatic heterocycles. The summed E-state index contributed by atoms with van der Waals surface area (Å²) < 4.78 is 1.07. The van der Waals surface area contributed by atoms with Crippen molar-refractivity contribution >= 4 is 33.5 Å². The second-order valence-electron chi connectivity index (χ2n) is 3.10. The lowest BCUT2D eigenvalue weighted by Gasteiger charge is -2.03. The summed E-state index contributed by atoms with van der Waals surface area (Å²) >= 11 is 5.35. The smallest absolute Gasteiger partial charge is 0.159 e. The summed E-state index contributed by atoms with van der Waals surface area (Å²) in [7, 11) is 0. The largest absolute Gasteiger partial charge is 0.295 e. The molecule has 0 aromatic heterocycles. The fourth-order valence-electron chi connectivity index (χ4n) is 1.46. The van der Waals surface area contributed by atoms with E-state index in [1.54, 1.807) is 6.92 Å². The second-order valence-corrected chi connectivity index (χ2v) is 5.06. The minimum absolute atomic E-state index is 0.139. The minimum Gasteiger partial charge on any atom is -0.295 e. The van der Waals surface area contributed by atoms with Crippen LogP contribution >= 0.6 is 27.7 Å². The van der Waals surface area contributed by atoms with Crippen LogP contribution < -0.4 is 0 Å². The molecule has 1 aliphatic rings. The molecule has 0 N–H and O–H groups in total. The minimum atomic E-state index is 0.139. The van der Waals surface area contributed by atoms with Crippen molar-refractivity contribution in [1.29, 1.82) is 0 Å². The van der Waals surface area contributed by atoms with Crippen LogP contribution in [0.15, 0.2) is 21.5 Å². The maximum Gasteiger partial charge on any atom is 0.159 e. The number of aryl methyl sites for hydroxylation is 1. The summed E-state index contributed by atoms with van der Waals surface area (Å²) in [6.45, 7) is 1.61. The molecule has 1 aromatic carbocycles. The van der Waals surface area contributed by atoms with E-state index in [4.69, 9.17) is 0 Å². The van der Waals surface area contributed by atoms with Gasteiger partial charge in [-0.3, -0.25) is 4.79 Å². The van der Waals surface area contributed by atoms with Crippen LogP contribution in [-0.2, 0) is 6.42 Å². The molecule has 0 unspecified atom stereocenters. The molecule has 0 saturated heterocycles. The Hall–Kier alpha value is -0.280. The van der Waals surface area contributed by atoms with Gasteiger partial charge in [0.2, 0.25) is 0 Å². The van der Waals surface area contributed by atoms with E-state index >= 15 is 0 Å². The van der Waals surface area contributed by atoms with Crippen LogP contribution in [0.25, 0.3) is 0 Å². The van der Waals surface area contributed by atoms with Crippen molar-refractivity contribution in [1.82, 2.24) is 0 Å². The Balaban J connectivity index is 2.55. The maximum absolute atomic E-state index is 11.2. The van der Waals surface area contributed by atoms with Gasteiger partial charge < -0.3 is 0 Å². The van der Waals surface area contributed by atoms with Gasteiger partial charge in [0.25, 0.3) is 0 Å². The van der Waals surface area contributed by atoms with Crippen molar-refractivity contribution in [3.8, 4) is 0 Å². The van der Waals surface area contributed by atoms with Crippen LogP contribution in [0.4, 0.5) is 0 Å². The summed E-state index contributed by atoms with van der Waals surface area (Å²) in [5.41, 5.74) is 2.12. The molecule has 3 heteroatoms. The standard InChI is InChI=1S/C10H9BrOS/c1-6(12)8-4-7-2-3-13-10(7)9(11)5-8/h4-5H,2-3H2,1H3. The van der Waals surface area contributed by atoms with Gasteiger partial charge in [0.05, 0.1) is 0 Å². The Kier molecular flexibility index (Phi) is 2.47. The summed E-state index contributed by atoms with van der Waals surface area (Å²) in [5.74, 6) is 1.27.